The lowest BCUT2D eigenvalue weighted by Crippen LogP contribution is -2.34. The highest BCUT2D eigenvalue weighted by Gasteiger charge is 2.29. The Hall–Kier alpha value is -2.94. The van der Waals surface area contributed by atoms with Crippen LogP contribution in [0.1, 0.15) is 23.1 Å². The van der Waals surface area contributed by atoms with Gasteiger partial charge >= 0.3 is 5.97 Å². The number of hydrogen-bond donors (Lipinski definition) is 1. The van der Waals surface area contributed by atoms with E-state index in [2.05, 4.69) is 0 Å². The van der Waals surface area contributed by atoms with Crippen LogP contribution in [0.15, 0.2) is 41.3 Å². The minimum Gasteiger partial charge on any atom is -0.481 e. The van der Waals surface area contributed by atoms with Gasteiger partial charge in [0.15, 0.2) is 0 Å². The van der Waals surface area contributed by atoms with Crippen LogP contribution in [0.5, 0.6) is 0 Å². The third-order valence-corrected chi connectivity index (χ3v) is 5.83. The Balaban J connectivity index is 2.65. The van der Waals surface area contributed by atoms with Crippen LogP contribution < -0.4 is 4.31 Å². The van der Waals surface area contributed by atoms with Crippen LogP contribution in [-0.4, -0.2) is 31.0 Å². The quantitative estimate of drug-likeness (QED) is 0.571. The van der Waals surface area contributed by atoms with Gasteiger partial charge in [-0.15, -0.1) is 0 Å². The number of nitro groups is 1. The van der Waals surface area contributed by atoms with Gasteiger partial charge in [-0.1, -0.05) is 23.8 Å². The molecule has 0 fully saturated rings. The first-order chi connectivity index (χ1) is 12.5. The average molecular weight is 392 g/mol. The van der Waals surface area contributed by atoms with Crippen molar-refractivity contribution in [2.75, 3.05) is 10.8 Å². The summed E-state index contributed by atoms with van der Waals surface area (Å²) < 4.78 is 27.5. The molecular weight excluding hydrogens is 372 g/mol. The summed E-state index contributed by atoms with van der Waals surface area (Å²) in [7, 11) is -4.20. The van der Waals surface area contributed by atoms with E-state index in [1.807, 2.05) is 6.92 Å². The third kappa shape index (κ3) is 4.43. The van der Waals surface area contributed by atoms with Crippen molar-refractivity contribution in [3.63, 3.8) is 0 Å². The van der Waals surface area contributed by atoms with Gasteiger partial charge in [-0.3, -0.25) is 19.2 Å². The molecule has 9 heteroatoms. The number of aliphatic carboxylic acids is 1. The van der Waals surface area contributed by atoms with Gasteiger partial charge in [0.2, 0.25) is 0 Å². The average Bonchev–Trinajstić information content (AvgIpc) is 2.56. The number of hydrogen-bond acceptors (Lipinski definition) is 5. The van der Waals surface area contributed by atoms with Crippen LogP contribution in [0.25, 0.3) is 0 Å². The van der Waals surface area contributed by atoms with Crippen LogP contribution in [0.3, 0.4) is 0 Å². The summed E-state index contributed by atoms with van der Waals surface area (Å²) in [6.45, 7) is 5.07. The second-order valence-electron chi connectivity index (χ2n) is 6.22. The summed E-state index contributed by atoms with van der Waals surface area (Å²) in [5, 5.41) is 20.0. The maximum atomic E-state index is 13.2. The van der Waals surface area contributed by atoms with E-state index in [1.165, 1.54) is 18.2 Å². The van der Waals surface area contributed by atoms with Gasteiger partial charge < -0.3 is 5.11 Å². The van der Waals surface area contributed by atoms with Crippen LogP contribution in [-0.2, 0) is 14.8 Å². The monoisotopic (exact) mass is 392 g/mol. The Bertz CT molecular complexity index is 978. The van der Waals surface area contributed by atoms with E-state index >= 15 is 0 Å². The van der Waals surface area contributed by atoms with Crippen molar-refractivity contribution in [1.29, 1.82) is 0 Å². The number of nitro benzene ring substituents is 1. The summed E-state index contributed by atoms with van der Waals surface area (Å²) in [5.74, 6) is -1.14. The van der Waals surface area contributed by atoms with Crippen LogP contribution in [0.4, 0.5) is 11.4 Å². The number of benzene rings is 2. The van der Waals surface area contributed by atoms with Crippen LogP contribution in [0, 0.1) is 30.9 Å². The fourth-order valence-corrected chi connectivity index (χ4v) is 4.63. The molecule has 2 rings (SSSR count). The second kappa shape index (κ2) is 7.75. The lowest BCUT2D eigenvalue weighted by atomic mass is 10.1. The van der Waals surface area contributed by atoms with E-state index in [1.54, 1.807) is 26.0 Å². The molecule has 0 aromatic heterocycles. The summed E-state index contributed by atoms with van der Waals surface area (Å²) in [5.41, 5.74) is 2.32. The zero-order chi connectivity index (χ0) is 20.4. The van der Waals surface area contributed by atoms with Gasteiger partial charge in [0.05, 0.1) is 21.9 Å². The molecule has 0 bridgehead atoms. The van der Waals surface area contributed by atoms with E-state index in [4.69, 9.17) is 5.11 Å². The highest BCUT2D eigenvalue weighted by Crippen LogP contribution is 2.32. The maximum Gasteiger partial charge on any atom is 0.305 e. The highest BCUT2D eigenvalue weighted by molar-refractivity contribution is 7.92. The fourth-order valence-electron chi connectivity index (χ4n) is 3.00. The second-order valence-corrected chi connectivity index (χ2v) is 8.09. The van der Waals surface area contributed by atoms with E-state index in [9.17, 15) is 23.3 Å². The number of carboxylic acid groups (broad SMARTS) is 1. The van der Waals surface area contributed by atoms with Crippen molar-refractivity contribution in [2.45, 2.75) is 32.1 Å². The molecule has 0 unspecified atom stereocenters. The number of non-ortho nitro benzene ring substituents is 1. The minimum atomic E-state index is -4.20. The largest absolute Gasteiger partial charge is 0.481 e. The molecule has 0 radical (unpaired) electrons. The lowest BCUT2D eigenvalue weighted by molar-refractivity contribution is -0.385. The van der Waals surface area contributed by atoms with Gasteiger partial charge in [-0.25, -0.2) is 8.42 Å². The molecule has 2 aromatic carbocycles. The number of sulfonamides is 1. The van der Waals surface area contributed by atoms with Gasteiger partial charge in [0, 0.05) is 18.7 Å². The lowest BCUT2D eigenvalue weighted by Gasteiger charge is -2.27. The molecule has 0 aliphatic rings. The maximum absolute atomic E-state index is 13.2. The molecule has 0 aliphatic carbocycles. The minimum absolute atomic E-state index is 0.263. The van der Waals surface area contributed by atoms with Crippen LogP contribution >= 0.6 is 0 Å². The molecule has 8 nitrogen and oxygen atoms in total. The van der Waals surface area contributed by atoms with Crippen molar-refractivity contribution in [3.8, 4) is 0 Å². The van der Waals surface area contributed by atoms with Crippen molar-refractivity contribution in [1.82, 2.24) is 0 Å². The molecule has 0 atom stereocenters. The summed E-state index contributed by atoms with van der Waals surface area (Å²) >= 11 is 0. The zero-order valence-electron chi connectivity index (χ0n) is 15.2. The number of anilines is 1. The van der Waals surface area contributed by atoms with Gasteiger partial charge in [0.1, 0.15) is 0 Å². The Kier molecular flexibility index (Phi) is 5.85. The molecular formula is C18H20N2O6S. The zero-order valence-corrected chi connectivity index (χ0v) is 16.0. The Labute approximate surface area is 157 Å². The fraction of sp³-hybridized carbons (Fsp3) is 0.278. The first-order valence-electron chi connectivity index (χ1n) is 8.11. The predicted octanol–water partition coefficient (Wildman–Crippen LogP) is 3.19. The topological polar surface area (TPSA) is 118 Å². The Morgan fingerprint density at radius 2 is 1.74 bits per heavy atom. The first kappa shape index (κ1) is 20.4. The molecule has 0 saturated carbocycles. The highest BCUT2D eigenvalue weighted by atomic mass is 32.2. The molecule has 0 amide bonds. The summed E-state index contributed by atoms with van der Waals surface area (Å²) in [6.07, 6.45) is -0.402. The van der Waals surface area contributed by atoms with Gasteiger partial charge in [-0.2, -0.15) is 0 Å². The standard InChI is InChI=1S/C18H20N2O6S/c1-12-9-13(2)18(14(3)10-12)19(8-7-17(21)22)27(25,26)16-6-4-5-15(11-16)20(23)24/h4-6,9-11H,7-8H2,1-3H3,(H,21,22). The summed E-state index contributed by atoms with van der Waals surface area (Å²) in [6, 6.07) is 8.33. The smallest absolute Gasteiger partial charge is 0.305 e. The number of rotatable bonds is 7. The van der Waals surface area contributed by atoms with Crippen molar-refractivity contribution >= 4 is 27.4 Å². The number of aryl methyl sites for hydroxylation is 3. The summed E-state index contributed by atoms with van der Waals surface area (Å²) in [4.78, 5) is 21.1. The number of nitrogens with zero attached hydrogens (tertiary/aromatic N) is 2. The number of carboxylic acids is 1. The molecule has 0 saturated heterocycles. The number of carbonyl (C=O) groups is 1. The molecule has 0 spiro atoms. The Morgan fingerprint density at radius 1 is 1.15 bits per heavy atom. The van der Waals surface area contributed by atoms with Gasteiger partial charge in [0.25, 0.3) is 15.7 Å². The predicted molar refractivity (Wildman–Crippen MR) is 101 cm³/mol. The van der Waals surface area contributed by atoms with E-state index in [0.29, 0.717) is 16.8 Å². The van der Waals surface area contributed by atoms with E-state index in [0.717, 1.165) is 15.9 Å². The molecule has 0 heterocycles. The normalized spacial score (nSPS) is 11.2. The molecule has 144 valence electrons. The molecule has 1 N–H and O–H groups in total. The van der Waals surface area contributed by atoms with Crippen molar-refractivity contribution < 1.29 is 23.2 Å². The van der Waals surface area contributed by atoms with E-state index < -0.39 is 27.3 Å². The van der Waals surface area contributed by atoms with Crippen molar-refractivity contribution in [2.24, 2.45) is 0 Å². The Morgan fingerprint density at radius 3 is 2.26 bits per heavy atom. The molecule has 2 aromatic rings. The third-order valence-electron chi connectivity index (χ3n) is 4.03. The van der Waals surface area contributed by atoms with E-state index in [-0.39, 0.29) is 17.1 Å². The first-order valence-corrected chi connectivity index (χ1v) is 9.55. The van der Waals surface area contributed by atoms with Gasteiger partial charge in [-0.05, 0) is 38.0 Å². The molecule has 27 heavy (non-hydrogen) atoms. The van der Waals surface area contributed by atoms with Crippen LogP contribution in [0.2, 0.25) is 0 Å². The molecule has 0 aliphatic heterocycles. The van der Waals surface area contributed by atoms with Crippen molar-refractivity contribution in [3.05, 3.63) is 63.2 Å². The SMILES string of the molecule is Cc1cc(C)c(N(CCC(=O)O)S(=O)(=O)c2cccc([N+](=O)[O-])c2)c(C)c1.